The van der Waals surface area contributed by atoms with E-state index in [1.54, 1.807) is 11.3 Å². The number of fused-ring (bicyclic) bond motifs is 1. The van der Waals surface area contributed by atoms with Gasteiger partial charge < -0.3 is 5.32 Å². The highest BCUT2D eigenvalue weighted by molar-refractivity contribution is 7.18. The highest BCUT2D eigenvalue weighted by atomic mass is 32.1. The van der Waals surface area contributed by atoms with Gasteiger partial charge in [0.2, 0.25) is 0 Å². The van der Waals surface area contributed by atoms with Crippen LogP contribution in [0.15, 0.2) is 42.6 Å². The van der Waals surface area contributed by atoms with Gasteiger partial charge in [0.25, 0.3) is 0 Å². The SMILES string of the molecule is Cc1cccnc1C(c1nc2ccccc2s1)N1CCCNCC1. The third-order valence-electron chi connectivity index (χ3n) is 4.59. The minimum absolute atomic E-state index is 0.142. The fourth-order valence-electron chi connectivity index (χ4n) is 3.36. The third-order valence-corrected chi connectivity index (χ3v) is 5.68. The molecule has 124 valence electrons. The Bertz CT molecular complexity index is 788. The topological polar surface area (TPSA) is 41.1 Å². The maximum absolute atomic E-state index is 4.95. The molecule has 5 heteroatoms. The lowest BCUT2D eigenvalue weighted by molar-refractivity contribution is 0.236. The molecule has 3 heterocycles. The van der Waals surface area contributed by atoms with Crippen molar-refractivity contribution in [1.82, 2.24) is 20.2 Å². The largest absolute Gasteiger partial charge is 0.315 e. The lowest BCUT2D eigenvalue weighted by atomic mass is 10.1. The summed E-state index contributed by atoms with van der Waals surface area (Å²) in [5.41, 5.74) is 3.46. The minimum atomic E-state index is 0.142. The molecule has 0 aliphatic carbocycles. The molecule has 1 fully saturated rings. The second-order valence-corrected chi connectivity index (χ2v) is 7.33. The van der Waals surface area contributed by atoms with Crippen LogP contribution >= 0.6 is 11.3 Å². The summed E-state index contributed by atoms with van der Waals surface area (Å²) < 4.78 is 1.25. The first-order valence-electron chi connectivity index (χ1n) is 8.55. The van der Waals surface area contributed by atoms with Crippen LogP contribution < -0.4 is 5.32 Å². The van der Waals surface area contributed by atoms with Gasteiger partial charge in [-0.3, -0.25) is 9.88 Å². The Morgan fingerprint density at radius 3 is 2.92 bits per heavy atom. The molecule has 0 saturated carbocycles. The Hall–Kier alpha value is -1.82. The number of hydrogen-bond acceptors (Lipinski definition) is 5. The molecule has 0 bridgehead atoms. The summed E-state index contributed by atoms with van der Waals surface area (Å²) >= 11 is 1.80. The van der Waals surface area contributed by atoms with Crippen molar-refractivity contribution in [3.05, 3.63) is 58.9 Å². The highest BCUT2D eigenvalue weighted by Crippen LogP contribution is 2.34. The summed E-state index contributed by atoms with van der Waals surface area (Å²) in [7, 11) is 0. The molecule has 1 atom stereocenters. The first-order chi connectivity index (χ1) is 11.8. The maximum atomic E-state index is 4.95. The lowest BCUT2D eigenvalue weighted by Gasteiger charge is -2.29. The Kier molecular flexibility index (Phi) is 4.56. The van der Waals surface area contributed by atoms with Crippen LogP contribution in [0.25, 0.3) is 10.2 Å². The summed E-state index contributed by atoms with van der Waals surface area (Å²) in [6.45, 7) is 6.36. The molecule has 2 aromatic heterocycles. The van der Waals surface area contributed by atoms with Crippen molar-refractivity contribution in [2.24, 2.45) is 0 Å². The number of thiazole rings is 1. The summed E-state index contributed by atoms with van der Waals surface area (Å²) in [6.07, 6.45) is 3.06. The zero-order valence-corrected chi connectivity index (χ0v) is 14.7. The Balaban J connectivity index is 1.81. The number of nitrogens with one attached hydrogen (secondary N) is 1. The second kappa shape index (κ2) is 6.97. The molecule has 1 saturated heterocycles. The number of pyridine rings is 1. The van der Waals surface area contributed by atoms with E-state index in [4.69, 9.17) is 9.97 Å². The van der Waals surface area contributed by atoms with Gasteiger partial charge in [-0.25, -0.2) is 4.98 Å². The van der Waals surface area contributed by atoms with Gasteiger partial charge in [0.1, 0.15) is 11.0 Å². The first kappa shape index (κ1) is 15.7. The van der Waals surface area contributed by atoms with Gasteiger partial charge in [0, 0.05) is 25.8 Å². The molecule has 24 heavy (non-hydrogen) atoms. The van der Waals surface area contributed by atoms with Crippen LogP contribution in [0.1, 0.15) is 28.7 Å². The summed E-state index contributed by atoms with van der Waals surface area (Å²) in [4.78, 5) is 12.2. The van der Waals surface area contributed by atoms with E-state index in [-0.39, 0.29) is 6.04 Å². The average Bonchev–Trinajstić information content (AvgIpc) is 2.84. The molecule has 1 aliphatic rings. The summed E-state index contributed by atoms with van der Waals surface area (Å²) in [6, 6.07) is 12.7. The molecule has 1 aromatic carbocycles. The molecule has 1 N–H and O–H groups in total. The molecule has 1 aliphatic heterocycles. The Morgan fingerprint density at radius 2 is 2.04 bits per heavy atom. The van der Waals surface area contributed by atoms with Gasteiger partial charge in [-0.1, -0.05) is 18.2 Å². The maximum Gasteiger partial charge on any atom is 0.117 e. The fourth-order valence-corrected chi connectivity index (χ4v) is 4.47. The van der Waals surface area contributed by atoms with Crippen molar-refractivity contribution in [1.29, 1.82) is 0 Å². The van der Waals surface area contributed by atoms with Gasteiger partial charge in [0.15, 0.2) is 0 Å². The highest BCUT2D eigenvalue weighted by Gasteiger charge is 2.28. The van der Waals surface area contributed by atoms with E-state index in [0.29, 0.717) is 0 Å². The predicted molar refractivity (Wildman–Crippen MR) is 99.5 cm³/mol. The summed E-state index contributed by atoms with van der Waals surface area (Å²) in [5.74, 6) is 0. The quantitative estimate of drug-likeness (QED) is 0.795. The number of hydrogen-bond donors (Lipinski definition) is 1. The number of aryl methyl sites for hydroxylation is 1. The Morgan fingerprint density at radius 1 is 1.12 bits per heavy atom. The van der Waals surface area contributed by atoms with Crippen molar-refractivity contribution in [2.75, 3.05) is 26.2 Å². The van der Waals surface area contributed by atoms with E-state index in [9.17, 15) is 0 Å². The van der Waals surface area contributed by atoms with E-state index < -0.39 is 0 Å². The molecule has 0 radical (unpaired) electrons. The van der Waals surface area contributed by atoms with Crippen molar-refractivity contribution in [2.45, 2.75) is 19.4 Å². The molecule has 3 aromatic rings. The molecule has 4 nitrogen and oxygen atoms in total. The van der Waals surface area contributed by atoms with Gasteiger partial charge in [-0.15, -0.1) is 11.3 Å². The van der Waals surface area contributed by atoms with Crippen LogP contribution in [0.2, 0.25) is 0 Å². The molecule has 4 rings (SSSR count). The van der Waals surface area contributed by atoms with Gasteiger partial charge in [-0.2, -0.15) is 0 Å². The zero-order chi connectivity index (χ0) is 16.4. The number of benzene rings is 1. The first-order valence-corrected chi connectivity index (χ1v) is 9.36. The second-order valence-electron chi connectivity index (χ2n) is 6.27. The van der Waals surface area contributed by atoms with Gasteiger partial charge in [0.05, 0.1) is 15.9 Å². The number of para-hydroxylation sites is 1. The number of rotatable bonds is 3. The molecule has 1 unspecified atom stereocenters. The molecule has 0 amide bonds. The summed E-state index contributed by atoms with van der Waals surface area (Å²) in [5, 5.41) is 4.65. The average molecular weight is 338 g/mol. The lowest BCUT2D eigenvalue weighted by Crippen LogP contribution is -2.33. The van der Waals surface area contributed by atoms with Crippen LogP contribution in [0, 0.1) is 6.92 Å². The van der Waals surface area contributed by atoms with Crippen molar-refractivity contribution < 1.29 is 0 Å². The van der Waals surface area contributed by atoms with E-state index >= 15 is 0 Å². The predicted octanol–water partition coefficient (Wildman–Crippen LogP) is 3.38. The Labute approximate surface area is 146 Å². The van der Waals surface area contributed by atoms with Crippen LogP contribution in [0.3, 0.4) is 0 Å². The van der Waals surface area contributed by atoms with Gasteiger partial charge >= 0.3 is 0 Å². The third kappa shape index (κ3) is 3.07. The van der Waals surface area contributed by atoms with Crippen molar-refractivity contribution >= 4 is 21.6 Å². The van der Waals surface area contributed by atoms with Crippen molar-refractivity contribution in [3.8, 4) is 0 Å². The minimum Gasteiger partial charge on any atom is -0.315 e. The number of nitrogens with zero attached hydrogens (tertiary/aromatic N) is 3. The van der Waals surface area contributed by atoms with Crippen LogP contribution in [-0.4, -0.2) is 41.0 Å². The molecular weight excluding hydrogens is 316 g/mol. The normalized spacial score (nSPS) is 17.7. The standard InChI is InChI=1S/C19H22N4S/c1-14-6-4-10-21-17(14)18(23-12-5-9-20-11-13-23)19-22-15-7-2-3-8-16(15)24-19/h2-4,6-8,10,18,20H,5,9,11-13H2,1H3. The monoisotopic (exact) mass is 338 g/mol. The fraction of sp³-hybridized carbons (Fsp3) is 0.368. The van der Waals surface area contributed by atoms with E-state index in [0.717, 1.165) is 48.8 Å². The smallest absolute Gasteiger partial charge is 0.117 e. The van der Waals surface area contributed by atoms with Crippen LogP contribution in [-0.2, 0) is 0 Å². The van der Waals surface area contributed by atoms with Crippen LogP contribution in [0.5, 0.6) is 0 Å². The number of aromatic nitrogens is 2. The molecular formula is C19H22N4S. The van der Waals surface area contributed by atoms with E-state index in [1.807, 2.05) is 12.3 Å². The van der Waals surface area contributed by atoms with Gasteiger partial charge in [-0.05, 0) is 43.7 Å². The van der Waals surface area contributed by atoms with E-state index in [2.05, 4.69) is 47.5 Å². The van der Waals surface area contributed by atoms with E-state index in [1.165, 1.54) is 10.3 Å². The van der Waals surface area contributed by atoms with Crippen molar-refractivity contribution in [3.63, 3.8) is 0 Å². The van der Waals surface area contributed by atoms with Crippen LogP contribution in [0.4, 0.5) is 0 Å². The zero-order valence-electron chi connectivity index (χ0n) is 13.9. The molecule has 0 spiro atoms.